The Morgan fingerprint density at radius 3 is 2.78 bits per heavy atom. The SMILES string of the molecule is C[C@@H](Nc1nc(Cl)nc2c1CC(CCC(=O)[C@H]1CCOC1)C2)c1cccc(C(F)F)c1F. The number of anilines is 1. The quantitative estimate of drug-likeness (QED) is 0.521. The molecule has 0 spiro atoms. The zero-order valence-corrected chi connectivity index (χ0v) is 18.5. The molecule has 2 heterocycles. The van der Waals surface area contributed by atoms with Gasteiger partial charge in [-0.3, -0.25) is 4.79 Å². The Morgan fingerprint density at radius 2 is 2.06 bits per heavy atom. The van der Waals surface area contributed by atoms with Gasteiger partial charge in [0.15, 0.2) is 0 Å². The lowest BCUT2D eigenvalue weighted by molar-refractivity contribution is -0.123. The summed E-state index contributed by atoms with van der Waals surface area (Å²) in [5, 5.41) is 3.20. The summed E-state index contributed by atoms with van der Waals surface area (Å²) < 4.78 is 46.0. The number of halogens is 4. The van der Waals surface area contributed by atoms with Gasteiger partial charge in [-0.1, -0.05) is 18.2 Å². The fourth-order valence-corrected chi connectivity index (χ4v) is 4.72. The molecule has 1 N–H and O–H groups in total. The van der Waals surface area contributed by atoms with Crippen molar-refractivity contribution in [3.8, 4) is 0 Å². The summed E-state index contributed by atoms with van der Waals surface area (Å²) >= 11 is 6.11. The van der Waals surface area contributed by atoms with E-state index in [2.05, 4.69) is 15.3 Å². The molecule has 4 rings (SSSR count). The summed E-state index contributed by atoms with van der Waals surface area (Å²) in [5.41, 5.74) is 1.20. The van der Waals surface area contributed by atoms with Crippen LogP contribution in [0, 0.1) is 17.7 Å². The third kappa shape index (κ3) is 4.91. The predicted molar refractivity (Wildman–Crippen MR) is 115 cm³/mol. The Balaban J connectivity index is 1.46. The summed E-state index contributed by atoms with van der Waals surface area (Å²) in [5.74, 6) is 0.0339. The molecular formula is C23H25ClF3N3O2. The van der Waals surface area contributed by atoms with Gasteiger partial charge in [0, 0.05) is 30.1 Å². The van der Waals surface area contributed by atoms with Gasteiger partial charge in [0.2, 0.25) is 5.28 Å². The van der Waals surface area contributed by atoms with E-state index in [0.29, 0.717) is 38.3 Å². The summed E-state index contributed by atoms with van der Waals surface area (Å²) in [7, 11) is 0. The second kappa shape index (κ2) is 9.75. The third-order valence-corrected chi connectivity index (χ3v) is 6.51. The highest BCUT2D eigenvalue weighted by atomic mass is 35.5. The lowest BCUT2D eigenvalue weighted by Crippen LogP contribution is -2.16. The largest absolute Gasteiger partial charge is 0.381 e. The number of hydrogen-bond donors (Lipinski definition) is 1. The number of aromatic nitrogens is 2. The lowest BCUT2D eigenvalue weighted by Gasteiger charge is -2.19. The average Bonchev–Trinajstić information content (AvgIpc) is 3.42. The number of carbonyl (C=O) groups excluding carboxylic acids is 1. The van der Waals surface area contributed by atoms with Crippen molar-refractivity contribution in [3.05, 3.63) is 51.7 Å². The molecule has 1 saturated heterocycles. The van der Waals surface area contributed by atoms with Gasteiger partial charge < -0.3 is 10.1 Å². The van der Waals surface area contributed by atoms with E-state index in [1.807, 2.05) is 0 Å². The number of ether oxygens (including phenoxy) is 1. The van der Waals surface area contributed by atoms with Crippen LogP contribution in [0.25, 0.3) is 0 Å². The molecular weight excluding hydrogens is 443 g/mol. The molecule has 1 aliphatic carbocycles. The van der Waals surface area contributed by atoms with E-state index in [9.17, 15) is 18.0 Å². The van der Waals surface area contributed by atoms with E-state index < -0.39 is 23.8 Å². The molecule has 0 amide bonds. The molecule has 0 saturated carbocycles. The van der Waals surface area contributed by atoms with Crippen molar-refractivity contribution >= 4 is 23.2 Å². The number of hydrogen-bond acceptors (Lipinski definition) is 5. The zero-order valence-electron chi connectivity index (χ0n) is 17.7. The van der Waals surface area contributed by atoms with Gasteiger partial charge in [-0.2, -0.15) is 0 Å². The summed E-state index contributed by atoms with van der Waals surface area (Å²) in [6.07, 6.45) is 0.501. The molecule has 3 atom stereocenters. The Kier molecular flexibility index (Phi) is 7.00. The number of nitrogens with zero attached hydrogens (tertiary/aromatic N) is 2. The van der Waals surface area contributed by atoms with Crippen molar-refractivity contribution < 1.29 is 22.7 Å². The fourth-order valence-electron chi connectivity index (χ4n) is 4.53. The molecule has 1 aromatic carbocycles. The Morgan fingerprint density at radius 1 is 1.28 bits per heavy atom. The van der Waals surface area contributed by atoms with Crippen LogP contribution in [-0.4, -0.2) is 29.0 Å². The number of Topliss-reactive ketones (excluding diaryl/α,β-unsaturated/α-hetero) is 1. The minimum Gasteiger partial charge on any atom is -0.381 e. The van der Waals surface area contributed by atoms with Crippen molar-refractivity contribution in [1.29, 1.82) is 0 Å². The first-order chi connectivity index (χ1) is 15.3. The maximum atomic E-state index is 14.6. The highest BCUT2D eigenvalue weighted by Gasteiger charge is 2.30. The highest BCUT2D eigenvalue weighted by molar-refractivity contribution is 6.28. The Labute approximate surface area is 189 Å². The molecule has 1 fully saturated rings. The van der Waals surface area contributed by atoms with E-state index >= 15 is 0 Å². The molecule has 1 aromatic heterocycles. The smallest absolute Gasteiger partial charge is 0.266 e. The number of fused-ring (bicyclic) bond motifs is 1. The molecule has 5 nitrogen and oxygen atoms in total. The number of benzene rings is 1. The molecule has 172 valence electrons. The minimum atomic E-state index is -2.89. The lowest BCUT2D eigenvalue weighted by atomic mass is 9.93. The number of carbonyl (C=O) groups is 1. The normalized spacial score (nSPS) is 21.1. The van der Waals surface area contributed by atoms with Crippen molar-refractivity contribution in [1.82, 2.24) is 9.97 Å². The van der Waals surface area contributed by atoms with Crippen LogP contribution in [0.1, 0.15) is 61.0 Å². The monoisotopic (exact) mass is 467 g/mol. The van der Waals surface area contributed by atoms with Gasteiger partial charge in [0.1, 0.15) is 17.4 Å². The van der Waals surface area contributed by atoms with Crippen LogP contribution in [0.15, 0.2) is 18.2 Å². The third-order valence-electron chi connectivity index (χ3n) is 6.34. The van der Waals surface area contributed by atoms with Crippen LogP contribution in [0.3, 0.4) is 0 Å². The maximum Gasteiger partial charge on any atom is 0.266 e. The van der Waals surface area contributed by atoms with Crippen LogP contribution >= 0.6 is 11.6 Å². The Hall–Kier alpha value is -2.19. The summed E-state index contributed by atoms with van der Waals surface area (Å²) in [6, 6.07) is 3.37. The molecule has 32 heavy (non-hydrogen) atoms. The van der Waals surface area contributed by atoms with E-state index in [1.54, 1.807) is 6.92 Å². The van der Waals surface area contributed by atoms with Gasteiger partial charge in [-0.05, 0) is 50.1 Å². The molecule has 1 aliphatic heterocycles. The second-order valence-electron chi connectivity index (χ2n) is 8.52. The molecule has 0 radical (unpaired) electrons. The van der Waals surface area contributed by atoms with Crippen LogP contribution < -0.4 is 5.32 Å². The van der Waals surface area contributed by atoms with Crippen LogP contribution in [0.5, 0.6) is 0 Å². The van der Waals surface area contributed by atoms with Crippen molar-refractivity contribution in [2.45, 2.75) is 51.5 Å². The van der Waals surface area contributed by atoms with E-state index in [-0.39, 0.29) is 28.5 Å². The first-order valence-electron chi connectivity index (χ1n) is 10.8. The highest BCUT2D eigenvalue weighted by Crippen LogP contribution is 2.36. The molecule has 2 aromatic rings. The van der Waals surface area contributed by atoms with Gasteiger partial charge >= 0.3 is 0 Å². The van der Waals surface area contributed by atoms with E-state index in [4.69, 9.17) is 16.3 Å². The first-order valence-corrected chi connectivity index (χ1v) is 11.2. The van der Waals surface area contributed by atoms with E-state index in [0.717, 1.165) is 30.2 Å². The minimum absolute atomic E-state index is 0.00462. The maximum absolute atomic E-state index is 14.6. The van der Waals surface area contributed by atoms with Crippen LogP contribution in [-0.2, 0) is 22.4 Å². The van der Waals surface area contributed by atoms with E-state index in [1.165, 1.54) is 12.1 Å². The number of alkyl halides is 2. The topological polar surface area (TPSA) is 64.1 Å². The van der Waals surface area contributed by atoms with Gasteiger partial charge in [-0.15, -0.1) is 0 Å². The average molecular weight is 468 g/mol. The van der Waals surface area contributed by atoms with Crippen molar-refractivity contribution in [2.75, 3.05) is 18.5 Å². The fraction of sp³-hybridized carbons (Fsp3) is 0.522. The van der Waals surface area contributed by atoms with Gasteiger partial charge in [-0.25, -0.2) is 23.1 Å². The van der Waals surface area contributed by atoms with Crippen molar-refractivity contribution in [2.24, 2.45) is 11.8 Å². The number of rotatable bonds is 8. The number of nitrogens with one attached hydrogen (secondary N) is 1. The van der Waals surface area contributed by atoms with Crippen LogP contribution in [0.2, 0.25) is 5.28 Å². The van der Waals surface area contributed by atoms with Crippen molar-refractivity contribution in [3.63, 3.8) is 0 Å². The summed E-state index contributed by atoms with van der Waals surface area (Å²) in [4.78, 5) is 21.0. The summed E-state index contributed by atoms with van der Waals surface area (Å²) in [6.45, 7) is 2.85. The number of ketones is 1. The molecule has 0 bridgehead atoms. The molecule has 2 aliphatic rings. The van der Waals surface area contributed by atoms with Gasteiger partial charge in [0.25, 0.3) is 6.43 Å². The predicted octanol–water partition coefficient (Wildman–Crippen LogP) is 5.48. The first kappa shape index (κ1) is 23.0. The standard InChI is InChI=1S/C23H25ClF3N3O2/c1-12(15-3-2-4-16(20(15)25)21(26)27)28-22-17-9-13(10-18(17)29-23(24)30-22)5-6-19(31)14-7-8-32-11-14/h2-4,12-14,21H,5-11H2,1H3,(H,28,29,30)/t12-,13?,14+/m1/s1. The molecule has 1 unspecified atom stereocenters. The van der Waals surface area contributed by atoms with Crippen LogP contribution in [0.4, 0.5) is 19.0 Å². The van der Waals surface area contributed by atoms with Gasteiger partial charge in [0.05, 0.1) is 23.9 Å². The zero-order chi connectivity index (χ0) is 22.8. The Bertz CT molecular complexity index is 999. The molecule has 9 heteroatoms. The second-order valence-corrected chi connectivity index (χ2v) is 8.86.